The number of carbonyl (C=O) groups excluding carboxylic acids is 1. The third kappa shape index (κ3) is 4.57. The van der Waals surface area contributed by atoms with E-state index >= 15 is 0 Å². The Morgan fingerprint density at radius 2 is 2.00 bits per heavy atom. The fraction of sp³-hybridized carbons (Fsp3) is 0.296. The Morgan fingerprint density at radius 1 is 1.11 bits per heavy atom. The lowest BCUT2D eigenvalue weighted by Crippen LogP contribution is -2.35. The highest BCUT2D eigenvalue weighted by molar-refractivity contribution is 5.91. The SMILES string of the molecule is Cn1ccc(CN(C=O)Cc2ccc(OCC3CCCN3c3ncnc4nc[nH]c34)c3ccccc23)n1. The summed E-state index contributed by atoms with van der Waals surface area (Å²) in [6.07, 6.45) is 8.08. The van der Waals surface area contributed by atoms with Gasteiger partial charge in [-0.1, -0.05) is 30.3 Å². The number of carbonyl (C=O) groups is 1. The number of hydrogen-bond acceptors (Lipinski definition) is 7. The first-order valence-corrected chi connectivity index (χ1v) is 12.4. The summed E-state index contributed by atoms with van der Waals surface area (Å²) in [6, 6.07) is 14.4. The van der Waals surface area contributed by atoms with Gasteiger partial charge in [-0.15, -0.1) is 0 Å². The van der Waals surface area contributed by atoms with E-state index < -0.39 is 0 Å². The summed E-state index contributed by atoms with van der Waals surface area (Å²) in [5.41, 5.74) is 3.45. The molecule has 1 atom stereocenters. The summed E-state index contributed by atoms with van der Waals surface area (Å²) >= 11 is 0. The molecule has 0 aliphatic carbocycles. The molecular weight excluding hydrogens is 468 g/mol. The van der Waals surface area contributed by atoms with E-state index in [9.17, 15) is 4.79 Å². The number of aromatic nitrogens is 6. The van der Waals surface area contributed by atoms with Gasteiger partial charge in [0.1, 0.15) is 24.2 Å². The average molecular weight is 497 g/mol. The number of ether oxygens (including phenoxy) is 1. The Bertz CT molecular complexity index is 1540. The maximum atomic E-state index is 11.8. The second-order valence-electron chi connectivity index (χ2n) is 9.36. The van der Waals surface area contributed by atoms with Crippen molar-refractivity contribution in [1.82, 2.24) is 34.6 Å². The van der Waals surface area contributed by atoms with E-state index in [0.717, 1.165) is 64.9 Å². The highest BCUT2D eigenvalue weighted by Crippen LogP contribution is 2.32. The van der Waals surface area contributed by atoms with Crippen LogP contribution in [0.3, 0.4) is 0 Å². The van der Waals surface area contributed by atoms with Crippen molar-refractivity contribution in [2.75, 3.05) is 18.1 Å². The number of aromatic amines is 1. The van der Waals surface area contributed by atoms with Crippen molar-refractivity contribution >= 4 is 34.2 Å². The first kappa shape index (κ1) is 23.0. The molecule has 188 valence electrons. The number of H-pyrrole nitrogens is 1. The van der Waals surface area contributed by atoms with Gasteiger partial charge in [0.25, 0.3) is 0 Å². The van der Waals surface area contributed by atoms with Crippen LogP contribution in [0.25, 0.3) is 21.9 Å². The van der Waals surface area contributed by atoms with E-state index in [2.05, 4.69) is 48.1 Å². The molecule has 0 radical (unpaired) electrons. The molecule has 0 saturated carbocycles. The number of imidazole rings is 1. The molecule has 4 heterocycles. The van der Waals surface area contributed by atoms with Crippen molar-refractivity contribution in [3.63, 3.8) is 0 Å². The van der Waals surface area contributed by atoms with Gasteiger partial charge < -0.3 is 19.5 Å². The maximum absolute atomic E-state index is 11.8. The summed E-state index contributed by atoms with van der Waals surface area (Å²) in [4.78, 5) is 32.1. The Hall–Kier alpha value is -4.47. The van der Waals surface area contributed by atoms with Crippen LogP contribution in [0.5, 0.6) is 5.75 Å². The first-order chi connectivity index (χ1) is 18.2. The van der Waals surface area contributed by atoms with Gasteiger partial charge in [-0.25, -0.2) is 15.0 Å². The molecule has 0 bridgehead atoms. The van der Waals surface area contributed by atoms with Crippen molar-refractivity contribution in [3.8, 4) is 5.75 Å². The number of amides is 1. The molecule has 10 nitrogen and oxygen atoms in total. The Morgan fingerprint density at radius 3 is 2.84 bits per heavy atom. The van der Waals surface area contributed by atoms with Gasteiger partial charge in [0.15, 0.2) is 11.5 Å². The van der Waals surface area contributed by atoms with Crippen LogP contribution in [0.1, 0.15) is 24.1 Å². The monoisotopic (exact) mass is 496 g/mol. The summed E-state index contributed by atoms with van der Waals surface area (Å²) in [5.74, 6) is 1.71. The van der Waals surface area contributed by atoms with E-state index in [4.69, 9.17) is 4.74 Å². The number of hydrogen-bond donors (Lipinski definition) is 1. The normalized spacial score (nSPS) is 15.5. The van der Waals surface area contributed by atoms with Crippen molar-refractivity contribution in [1.29, 1.82) is 0 Å². The van der Waals surface area contributed by atoms with Crippen LogP contribution in [-0.2, 0) is 24.9 Å². The fourth-order valence-corrected chi connectivity index (χ4v) is 5.15. The highest BCUT2D eigenvalue weighted by Gasteiger charge is 2.28. The lowest BCUT2D eigenvalue weighted by atomic mass is 10.0. The average Bonchev–Trinajstić information content (AvgIpc) is 3.68. The first-order valence-electron chi connectivity index (χ1n) is 12.4. The fourth-order valence-electron chi connectivity index (χ4n) is 5.15. The maximum Gasteiger partial charge on any atom is 0.210 e. The molecule has 1 N–H and O–H groups in total. The lowest BCUT2D eigenvalue weighted by molar-refractivity contribution is -0.119. The van der Waals surface area contributed by atoms with E-state index in [0.29, 0.717) is 25.3 Å². The van der Waals surface area contributed by atoms with E-state index in [1.807, 2.05) is 37.5 Å². The standard InChI is InChI=1S/C27H28N8O2/c1-33-12-10-20(32-33)14-34(18-36)13-19-8-9-24(23-7-3-2-6-22(19)23)37-15-21-5-4-11-35(21)27-25-26(29-16-28-25)30-17-31-27/h2-3,6-10,12,16-18,21H,4-5,11,13-15H2,1H3,(H,28,29,30,31). The van der Waals surface area contributed by atoms with Crippen LogP contribution in [0.15, 0.2) is 61.3 Å². The van der Waals surface area contributed by atoms with E-state index in [1.165, 1.54) is 0 Å². The molecule has 5 aromatic rings. The van der Waals surface area contributed by atoms with E-state index in [1.54, 1.807) is 22.2 Å². The zero-order valence-corrected chi connectivity index (χ0v) is 20.6. The highest BCUT2D eigenvalue weighted by atomic mass is 16.5. The number of nitrogens with one attached hydrogen (secondary N) is 1. The molecule has 1 saturated heterocycles. The van der Waals surface area contributed by atoms with Crippen LogP contribution in [-0.4, -0.2) is 60.2 Å². The molecular formula is C27H28N8O2. The summed E-state index contributed by atoms with van der Waals surface area (Å²) in [6.45, 7) is 2.41. The molecule has 6 rings (SSSR count). The summed E-state index contributed by atoms with van der Waals surface area (Å²) < 4.78 is 8.17. The molecule has 1 aliphatic rings. The van der Waals surface area contributed by atoms with Crippen molar-refractivity contribution in [2.45, 2.75) is 32.0 Å². The van der Waals surface area contributed by atoms with Gasteiger partial charge in [-0.05, 0) is 35.9 Å². The summed E-state index contributed by atoms with van der Waals surface area (Å²) in [5, 5.41) is 6.51. The van der Waals surface area contributed by atoms with Crippen LogP contribution < -0.4 is 9.64 Å². The molecule has 10 heteroatoms. The molecule has 37 heavy (non-hydrogen) atoms. The van der Waals surface area contributed by atoms with Crippen molar-refractivity contribution in [2.24, 2.45) is 7.05 Å². The van der Waals surface area contributed by atoms with Crippen LogP contribution in [0.2, 0.25) is 0 Å². The van der Waals surface area contributed by atoms with Crippen LogP contribution in [0, 0.1) is 0 Å². The Balaban J connectivity index is 1.21. The largest absolute Gasteiger partial charge is 0.491 e. The second kappa shape index (κ2) is 9.88. The Labute approximate surface area is 213 Å². The molecule has 2 aromatic carbocycles. The number of nitrogens with zero attached hydrogens (tertiary/aromatic N) is 7. The van der Waals surface area contributed by atoms with E-state index in [-0.39, 0.29) is 6.04 Å². The topological polar surface area (TPSA) is 105 Å². The van der Waals surface area contributed by atoms with Crippen molar-refractivity contribution < 1.29 is 9.53 Å². The van der Waals surface area contributed by atoms with Gasteiger partial charge in [0.2, 0.25) is 6.41 Å². The zero-order chi connectivity index (χ0) is 25.2. The number of rotatable bonds is 9. The predicted octanol–water partition coefficient (Wildman–Crippen LogP) is 3.45. The molecule has 1 aliphatic heterocycles. The third-order valence-electron chi connectivity index (χ3n) is 6.91. The van der Waals surface area contributed by atoms with Gasteiger partial charge in [0.05, 0.1) is 24.6 Å². The third-order valence-corrected chi connectivity index (χ3v) is 6.91. The summed E-state index contributed by atoms with van der Waals surface area (Å²) in [7, 11) is 1.87. The predicted molar refractivity (Wildman–Crippen MR) is 140 cm³/mol. The van der Waals surface area contributed by atoms with Crippen LogP contribution in [0.4, 0.5) is 5.82 Å². The molecule has 0 spiro atoms. The molecule has 1 amide bonds. The second-order valence-corrected chi connectivity index (χ2v) is 9.36. The van der Waals surface area contributed by atoms with Crippen LogP contribution >= 0.6 is 0 Å². The number of aryl methyl sites for hydroxylation is 1. The number of fused-ring (bicyclic) bond motifs is 2. The molecule has 3 aromatic heterocycles. The minimum atomic E-state index is 0.198. The smallest absolute Gasteiger partial charge is 0.210 e. The van der Waals surface area contributed by atoms with Gasteiger partial charge in [0, 0.05) is 31.7 Å². The van der Waals surface area contributed by atoms with Gasteiger partial charge in [-0.2, -0.15) is 5.10 Å². The zero-order valence-electron chi connectivity index (χ0n) is 20.6. The quantitative estimate of drug-likeness (QED) is 0.312. The van der Waals surface area contributed by atoms with Gasteiger partial charge in [-0.3, -0.25) is 9.48 Å². The number of benzene rings is 2. The molecule has 1 unspecified atom stereocenters. The minimum Gasteiger partial charge on any atom is -0.491 e. The van der Waals surface area contributed by atoms with Gasteiger partial charge >= 0.3 is 0 Å². The minimum absolute atomic E-state index is 0.198. The lowest BCUT2D eigenvalue weighted by Gasteiger charge is -2.26. The van der Waals surface area contributed by atoms with Crippen molar-refractivity contribution in [3.05, 3.63) is 72.6 Å². The Kier molecular flexibility index (Phi) is 6.13. The number of anilines is 1. The molecule has 1 fully saturated rings.